The first-order valence-corrected chi connectivity index (χ1v) is 10.8. The first kappa shape index (κ1) is 21.8. The van der Waals surface area contributed by atoms with E-state index in [0.717, 1.165) is 36.3 Å². The fourth-order valence-electron chi connectivity index (χ4n) is 3.53. The lowest BCUT2D eigenvalue weighted by Gasteiger charge is -2.23. The minimum Gasteiger partial charge on any atom is -0.487 e. The molecule has 0 amide bonds. The summed E-state index contributed by atoms with van der Waals surface area (Å²) < 4.78 is 19.0. The van der Waals surface area contributed by atoms with Gasteiger partial charge in [0.05, 0.1) is 0 Å². The average Bonchev–Trinajstić information content (AvgIpc) is 2.85. The van der Waals surface area contributed by atoms with E-state index in [1.807, 2.05) is 18.2 Å². The van der Waals surface area contributed by atoms with Gasteiger partial charge in [0, 0.05) is 31.3 Å². The molecular weight excluding hydrogens is 403 g/mol. The molecule has 3 aromatic carbocycles. The zero-order valence-electron chi connectivity index (χ0n) is 17.9. The highest BCUT2D eigenvalue weighted by atomic mass is 19.1. The summed E-state index contributed by atoms with van der Waals surface area (Å²) in [5.41, 5.74) is 4.21. The number of ether oxygens (including phenoxy) is 1. The Bertz CT molecular complexity index is 1050. The van der Waals surface area contributed by atoms with E-state index in [-0.39, 0.29) is 19.0 Å². The standard InChI is InChI=1S/C27H26FN2O2/c28-25-11-5-6-12-27(25)31-19-20-32-29-26(21-30-17-7-2-8-18-30)24-15-13-23(14-16-24)22-9-3-1-4-10-22/h1-7,9-10,12-16H,8,17-21H2/b29-26+. The van der Waals surface area contributed by atoms with E-state index in [0.29, 0.717) is 6.54 Å². The van der Waals surface area contributed by atoms with Crippen molar-refractivity contribution in [1.29, 1.82) is 0 Å². The van der Waals surface area contributed by atoms with Crippen LogP contribution in [0.25, 0.3) is 11.1 Å². The van der Waals surface area contributed by atoms with Crippen LogP contribution >= 0.6 is 0 Å². The van der Waals surface area contributed by atoms with Crippen molar-refractivity contribution in [2.75, 3.05) is 32.8 Å². The molecule has 32 heavy (non-hydrogen) atoms. The molecule has 0 fully saturated rings. The molecule has 1 heterocycles. The quantitative estimate of drug-likeness (QED) is 0.199. The lowest BCUT2D eigenvalue weighted by atomic mass is 10.0. The fourth-order valence-corrected chi connectivity index (χ4v) is 3.53. The van der Waals surface area contributed by atoms with Crippen LogP contribution in [-0.2, 0) is 4.84 Å². The van der Waals surface area contributed by atoms with Crippen LogP contribution in [0.2, 0.25) is 0 Å². The largest absolute Gasteiger partial charge is 0.487 e. The highest BCUT2D eigenvalue weighted by Crippen LogP contribution is 2.20. The number of benzene rings is 3. The van der Waals surface area contributed by atoms with Crippen molar-refractivity contribution in [2.24, 2.45) is 5.16 Å². The Labute approximate surface area is 188 Å². The molecule has 0 saturated heterocycles. The molecule has 5 heteroatoms. The Kier molecular flexibility index (Phi) is 7.66. The molecule has 0 aromatic heterocycles. The van der Waals surface area contributed by atoms with Crippen molar-refractivity contribution in [1.82, 2.24) is 4.90 Å². The minimum absolute atomic E-state index is 0.164. The molecule has 1 aliphatic rings. The monoisotopic (exact) mass is 429 g/mol. The first-order valence-electron chi connectivity index (χ1n) is 10.8. The molecule has 163 valence electrons. The molecule has 0 N–H and O–H groups in total. The second-order valence-electron chi connectivity index (χ2n) is 7.51. The summed E-state index contributed by atoms with van der Waals surface area (Å²) in [6.45, 7) is 3.00. The first-order chi connectivity index (χ1) is 15.8. The van der Waals surface area contributed by atoms with E-state index >= 15 is 0 Å². The smallest absolute Gasteiger partial charge is 0.172 e. The van der Waals surface area contributed by atoms with Gasteiger partial charge in [-0.05, 0) is 23.6 Å². The molecule has 0 atom stereocenters. The highest BCUT2D eigenvalue weighted by Gasteiger charge is 2.13. The molecule has 0 aliphatic carbocycles. The third-order valence-corrected chi connectivity index (χ3v) is 5.22. The SMILES string of the molecule is Fc1[c]cccc1OCCO/N=C(\CN1CC=CCC1)c1ccc(-c2ccccc2)cc1. The molecule has 0 spiro atoms. The summed E-state index contributed by atoms with van der Waals surface area (Å²) in [6.07, 6.45) is 5.42. The van der Waals surface area contributed by atoms with Gasteiger partial charge in [-0.3, -0.25) is 4.90 Å². The van der Waals surface area contributed by atoms with E-state index < -0.39 is 5.82 Å². The van der Waals surface area contributed by atoms with Crippen LogP contribution in [0, 0.1) is 11.9 Å². The van der Waals surface area contributed by atoms with E-state index in [1.165, 1.54) is 11.6 Å². The summed E-state index contributed by atoms with van der Waals surface area (Å²) in [5, 5.41) is 4.41. The lowest BCUT2D eigenvalue weighted by molar-refractivity contribution is 0.104. The molecule has 0 saturated carbocycles. The van der Waals surface area contributed by atoms with Crippen LogP contribution < -0.4 is 4.74 Å². The summed E-state index contributed by atoms with van der Waals surface area (Å²) >= 11 is 0. The minimum atomic E-state index is -0.506. The molecular formula is C27H26FN2O2. The molecule has 0 unspecified atom stereocenters. The third-order valence-electron chi connectivity index (χ3n) is 5.22. The molecule has 4 nitrogen and oxygen atoms in total. The summed E-state index contributed by atoms with van der Waals surface area (Å²) in [5.74, 6) is -0.342. The predicted octanol–water partition coefficient (Wildman–Crippen LogP) is 5.35. The fraction of sp³-hybridized carbons (Fsp3) is 0.222. The number of rotatable bonds is 9. The number of oxime groups is 1. The van der Waals surface area contributed by atoms with Gasteiger partial charge in [-0.2, -0.15) is 0 Å². The van der Waals surface area contributed by atoms with Crippen molar-refractivity contribution in [2.45, 2.75) is 6.42 Å². The Morgan fingerprint density at radius 2 is 1.75 bits per heavy atom. The van der Waals surface area contributed by atoms with E-state index in [2.05, 4.69) is 64.7 Å². The molecule has 1 aliphatic heterocycles. The molecule has 1 radical (unpaired) electrons. The number of halogens is 1. The van der Waals surface area contributed by atoms with Crippen molar-refractivity contribution in [3.8, 4) is 16.9 Å². The zero-order chi connectivity index (χ0) is 22.0. The maximum Gasteiger partial charge on any atom is 0.172 e. The number of hydrogen-bond acceptors (Lipinski definition) is 4. The van der Waals surface area contributed by atoms with Crippen LogP contribution in [0.3, 0.4) is 0 Å². The van der Waals surface area contributed by atoms with Gasteiger partial charge in [-0.1, -0.05) is 84.0 Å². The van der Waals surface area contributed by atoms with Gasteiger partial charge in [0.25, 0.3) is 0 Å². The van der Waals surface area contributed by atoms with Crippen LogP contribution in [0.1, 0.15) is 12.0 Å². The average molecular weight is 430 g/mol. The Hall–Kier alpha value is -3.44. The van der Waals surface area contributed by atoms with E-state index in [4.69, 9.17) is 9.57 Å². The van der Waals surface area contributed by atoms with Crippen LogP contribution in [0.4, 0.5) is 4.39 Å². The number of hydrogen-bond donors (Lipinski definition) is 0. The second kappa shape index (κ2) is 11.3. The van der Waals surface area contributed by atoms with Gasteiger partial charge in [-0.25, -0.2) is 4.39 Å². The Morgan fingerprint density at radius 1 is 0.938 bits per heavy atom. The van der Waals surface area contributed by atoms with E-state index in [1.54, 1.807) is 12.1 Å². The summed E-state index contributed by atoms with van der Waals surface area (Å²) in [6, 6.07) is 25.9. The van der Waals surface area contributed by atoms with Crippen molar-refractivity contribution in [3.05, 3.63) is 102 Å². The van der Waals surface area contributed by atoms with Gasteiger partial charge < -0.3 is 9.57 Å². The summed E-state index contributed by atoms with van der Waals surface area (Å²) in [4.78, 5) is 7.89. The summed E-state index contributed by atoms with van der Waals surface area (Å²) in [7, 11) is 0. The van der Waals surface area contributed by atoms with Crippen molar-refractivity contribution in [3.63, 3.8) is 0 Å². The molecule has 3 aromatic rings. The Balaban J connectivity index is 1.42. The van der Waals surface area contributed by atoms with Gasteiger partial charge in [-0.15, -0.1) is 0 Å². The van der Waals surface area contributed by atoms with Gasteiger partial charge in [0.15, 0.2) is 18.2 Å². The maximum absolute atomic E-state index is 13.6. The maximum atomic E-state index is 13.6. The number of nitrogens with zero attached hydrogens (tertiary/aromatic N) is 2. The van der Waals surface area contributed by atoms with E-state index in [9.17, 15) is 4.39 Å². The second-order valence-corrected chi connectivity index (χ2v) is 7.51. The van der Waals surface area contributed by atoms with Crippen molar-refractivity contribution < 1.29 is 14.0 Å². The molecule has 4 rings (SSSR count). The topological polar surface area (TPSA) is 34.1 Å². The predicted molar refractivity (Wildman–Crippen MR) is 125 cm³/mol. The van der Waals surface area contributed by atoms with Crippen LogP contribution in [0.15, 0.2) is 90.1 Å². The van der Waals surface area contributed by atoms with Gasteiger partial charge in [0.2, 0.25) is 0 Å². The zero-order valence-corrected chi connectivity index (χ0v) is 17.9. The van der Waals surface area contributed by atoms with Crippen LogP contribution in [-0.4, -0.2) is 43.5 Å². The lowest BCUT2D eigenvalue weighted by Crippen LogP contribution is -2.33. The Morgan fingerprint density at radius 3 is 2.50 bits per heavy atom. The van der Waals surface area contributed by atoms with Gasteiger partial charge in [0.1, 0.15) is 12.3 Å². The van der Waals surface area contributed by atoms with Crippen molar-refractivity contribution >= 4 is 5.71 Å². The van der Waals surface area contributed by atoms with Crippen LogP contribution in [0.5, 0.6) is 5.75 Å². The normalized spacial score (nSPS) is 14.3. The van der Waals surface area contributed by atoms with Gasteiger partial charge >= 0.3 is 0 Å². The highest BCUT2D eigenvalue weighted by molar-refractivity contribution is 6.02. The third kappa shape index (κ3) is 6.05. The molecule has 0 bridgehead atoms.